The van der Waals surface area contributed by atoms with Gasteiger partial charge in [0.1, 0.15) is 0 Å². The molecule has 0 aliphatic carbocycles. The van der Waals surface area contributed by atoms with Crippen molar-refractivity contribution in [2.45, 2.75) is 20.8 Å². The number of nitrogen functional groups attached to an aromatic ring is 1. The fraction of sp³-hybridized carbons (Fsp3) is 0.455. The molecule has 4 nitrogen and oxygen atoms in total. The van der Waals surface area contributed by atoms with Crippen LogP contribution >= 0.6 is 11.3 Å². The summed E-state index contributed by atoms with van der Waals surface area (Å²) in [7, 11) is 1.36. The Labute approximate surface area is 99.1 Å². The topological polar surface area (TPSA) is 65.2 Å². The van der Waals surface area contributed by atoms with Crippen LogP contribution in [0.1, 0.15) is 26.5 Å². The second kappa shape index (κ2) is 4.65. The van der Waals surface area contributed by atoms with Crippen LogP contribution in [0.15, 0.2) is 11.5 Å². The van der Waals surface area contributed by atoms with Crippen molar-refractivity contribution in [3.8, 4) is 0 Å². The number of nitrogens with zero attached hydrogens (tertiary/aromatic N) is 1. The van der Waals surface area contributed by atoms with Gasteiger partial charge in [-0.25, -0.2) is 9.78 Å². The number of ether oxygens (including phenoxy) is 1. The van der Waals surface area contributed by atoms with Gasteiger partial charge < -0.3 is 10.5 Å². The fourth-order valence-corrected chi connectivity index (χ4v) is 1.75. The van der Waals surface area contributed by atoms with E-state index >= 15 is 0 Å². The van der Waals surface area contributed by atoms with Crippen LogP contribution in [0, 0.1) is 5.41 Å². The number of hydrogen-bond acceptors (Lipinski definition) is 5. The van der Waals surface area contributed by atoms with E-state index < -0.39 is 0 Å². The summed E-state index contributed by atoms with van der Waals surface area (Å²) in [4.78, 5) is 15.7. The molecule has 0 saturated heterocycles. The Morgan fingerprint density at radius 2 is 2.19 bits per heavy atom. The summed E-state index contributed by atoms with van der Waals surface area (Å²) >= 11 is 1.30. The van der Waals surface area contributed by atoms with Crippen molar-refractivity contribution >= 4 is 28.0 Å². The van der Waals surface area contributed by atoms with Crippen LogP contribution in [0.3, 0.4) is 0 Å². The molecular formula is C11H16N2O2S. The molecule has 1 aromatic heterocycles. The minimum absolute atomic E-state index is 0.123. The third kappa shape index (κ3) is 3.34. The van der Waals surface area contributed by atoms with Gasteiger partial charge in [-0.1, -0.05) is 26.8 Å². The normalized spacial score (nSPS) is 12.6. The Morgan fingerprint density at radius 3 is 2.56 bits per heavy atom. The van der Waals surface area contributed by atoms with E-state index in [-0.39, 0.29) is 11.4 Å². The zero-order valence-electron chi connectivity index (χ0n) is 9.90. The van der Waals surface area contributed by atoms with Crippen LogP contribution in [0.2, 0.25) is 0 Å². The molecule has 0 radical (unpaired) electrons. The smallest absolute Gasteiger partial charge is 0.339 e. The number of allylic oxidation sites excluding steroid dienone is 1. The van der Waals surface area contributed by atoms with E-state index in [0.717, 1.165) is 0 Å². The lowest BCUT2D eigenvalue weighted by atomic mass is 9.93. The van der Waals surface area contributed by atoms with E-state index in [2.05, 4.69) is 4.98 Å². The number of anilines is 1. The van der Waals surface area contributed by atoms with Crippen molar-refractivity contribution in [3.63, 3.8) is 0 Å². The Morgan fingerprint density at radius 1 is 1.56 bits per heavy atom. The maximum Gasteiger partial charge on any atom is 0.339 e. The molecule has 0 saturated carbocycles. The van der Waals surface area contributed by atoms with E-state index in [1.807, 2.05) is 26.8 Å². The molecule has 16 heavy (non-hydrogen) atoms. The highest BCUT2D eigenvalue weighted by atomic mass is 32.1. The molecular weight excluding hydrogens is 224 g/mol. The van der Waals surface area contributed by atoms with Gasteiger partial charge in [-0.3, -0.25) is 0 Å². The molecule has 0 fully saturated rings. The van der Waals surface area contributed by atoms with Crippen LogP contribution in [0.5, 0.6) is 0 Å². The molecule has 1 rings (SSSR count). The van der Waals surface area contributed by atoms with E-state index in [9.17, 15) is 4.79 Å². The Kier molecular flexibility index (Phi) is 3.70. The maximum atomic E-state index is 11.6. The van der Waals surface area contributed by atoms with Gasteiger partial charge in [0.25, 0.3) is 0 Å². The number of carbonyl (C=O) groups excluding carboxylic acids is 1. The standard InChI is InChI=1S/C11H16N2O2S/c1-11(2,3)5-7(9(14)15-4)8-6-16-10(12)13-8/h5-6H,1-4H3,(H2,12,13)/b7-5-. The Bertz CT molecular complexity index is 416. The largest absolute Gasteiger partial charge is 0.465 e. The Hall–Kier alpha value is -1.36. The summed E-state index contributed by atoms with van der Waals surface area (Å²) in [5.74, 6) is -0.389. The number of hydrogen-bond donors (Lipinski definition) is 1. The first-order valence-electron chi connectivity index (χ1n) is 4.86. The van der Waals surface area contributed by atoms with Crippen molar-refractivity contribution in [2.75, 3.05) is 12.8 Å². The summed E-state index contributed by atoms with van der Waals surface area (Å²) in [5.41, 5.74) is 6.46. The van der Waals surface area contributed by atoms with E-state index in [0.29, 0.717) is 16.4 Å². The van der Waals surface area contributed by atoms with Gasteiger partial charge in [0.15, 0.2) is 5.13 Å². The van der Waals surface area contributed by atoms with Gasteiger partial charge in [0, 0.05) is 5.38 Å². The minimum atomic E-state index is -0.389. The van der Waals surface area contributed by atoms with Crippen molar-refractivity contribution in [3.05, 3.63) is 17.2 Å². The van der Waals surface area contributed by atoms with Crippen LogP contribution in [0.4, 0.5) is 5.13 Å². The van der Waals surface area contributed by atoms with Gasteiger partial charge >= 0.3 is 5.97 Å². The number of thiazole rings is 1. The maximum absolute atomic E-state index is 11.6. The van der Waals surface area contributed by atoms with Gasteiger partial charge in [-0.2, -0.15) is 0 Å². The van der Waals surface area contributed by atoms with Crippen LogP contribution < -0.4 is 5.73 Å². The molecule has 5 heteroatoms. The molecule has 1 heterocycles. The highest BCUT2D eigenvalue weighted by Crippen LogP contribution is 2.26. The Balaban J connectivity index is 3.16. The predicted octanol–water partition coefficient (Wildman–Crippen LogP) is 2.33. The molecule has 0 atom stereocenters. The number of rotatable bonds is 2. The number of nitrogens with two attached hydrogens (primary N) is 1. The second-order valence-corrected chi connectivity index (χ2v) is 5.38. The van der Waals surface area contributed by atoms with Crippen LogP contribution in [-0.2, 0) is 9.53 Å². The van der Waals surface area contributed by atoms with Crippen molar-refractivity contribution in [1.82, 2.24) is 4.98 Å². The molecule has 0 unspecified atom stereocenters. The molecule has 88 valence electrons. The molecule has 0 bridgehead atoms. The molecule has 0 spiro atoms. The second-order valence-electron chi connectivity index (χ2n) is 4.49. The molecule has 0 aromatic carbocycles. The SMILES string of the molecule is COC(=O)/C(=C\C(C)(C)C)c1csc(N)n1. The lowest BCUT2D eigenvalue weighted by Crippen LogP contribution is -2.09. The van der Waals surface area contributed by atoms with Gasteiger partial charge in [0.05, 0.1) is 18.4 Å². The number of aromatic nitrogens is 1. The summed E-state index contributed by atoms with van der Waals surface area (Å²) in [5, 5.41) is 2.20. The third-order valence-corrected chi connectivity index (χ3v) is 2.45. The highest BCUT2D eigenvalue weighted by Gasteiger charge is 2.19. The van der Waals surface area contributed by atoms with Crippen molar-refractivity contribution in [2.24, 2.45) is 5.41 Å². The summed E-state index contributed by atoms with van der Waals surface area (Å²) in [6, 6.07) is 0. The summed E-state index contributed by atoms with van der Waals surface area (Å²) < 4.78 is 4.74. The summed E-state index contributed by atoms with van der Waals surface area (Å²) in [6.07, 6.45) is 1.84. The van der Waals surface area contributed by atoms with E-state index in [1.165, 1.54) is 18.4 Å². The monoisotopic (exact) mass is 240 g/mol. The lowest BCUT2D eigenvalue weighted by molar-refractivity contribution is -0.133. The molecule has 2 N–H and O–H groups in total. The first-order valence-corrected chi connectivity index (χ1v) is 5.74. The first-order chi connectivity index (χ1) is 7.33. The lowest BCUT2D eigenvalue weighted by Gasteiger charge is -2.14. The predicted molar refractivity (Wildman–Crippen MR) is 66.0 cm³/mol. The minimum Gasteiger partial charge on any atom is -0.465 e. The van der Waals surface area contributed by atoms with Gasteiger partial charge in [0.2, 0.25) is 0 Å². The fourth-order valence-electron chi connectivity index (χ4n) is 1.19. The van der Waals surface area contributed by atoms with Crippen LogP contribution in [0.25, 0.3) is 5.57 Å². The number of esters is 1. The van der Waals surface area contributed by atoms with Crippen molar-refractivity contribution < 1.29 is 9.53 Å². The summed E-state index contributed by atoms with van der Waals surface area (Å²) in [6.45, 7) is 6.02. The first kappa shape index (κ1) is 12.7. The molecule has 0 aliphatic rings. The number of carbonyl (C=O) groups is 1. The molecule has 0 aliphatic heterocycles. The van der Waals surface area contributed by atoms with Gasteiger partial charge in [-0.05, 0) is 5.41 Å². The zero-order valence-corrected chi connectivity index (χ0v) is 10.7. The zero-order chi connectivity index (χ0) is 12.3. The quantitative estimate of drug-likeness (QED) is 0.636. The molecule has 1 aromatic rings. The third-order valence-electron chi connectivity index (χ3n) is 1.78. The average Bonchev–Trinajstić information content (AvgIpc) is 2.58. The van der Waals surface area contributed by atoms with Gasteiger partial charge in [-0.15, -0.1) is 11.3 Å². The number of methoxy groups -OCH3 is 1. The highest BCUT2D eigenvalue weighted by molar-refractivity contribution is 7.13. The van der Waals surface area contributed by atoms with Crippen LogP contribution in [-0.4, -0.2) is 18.1 Å². The van der Waals surface area contributed by atoms with E-state index in [4.69, 9.17) is 10.5 Å². The van der Waals surface area contributed by atoms with Crippen molar-refractivity contribution in [1.29, 1.82) is 0 Å². The molecule has 0 amide bonds. The van der Waals surface area contributed by atoms with E-state index in [1.54, 1.807) is 5.38 Å². The average molecular weight is 240 g/mol.